The molecule has 98 valence electrons. The van der Waals surface area contributed by atoms with E-state index in [4.69, 9.17) is 5.73 Å². The Kier molecular flexibility index (Phi) is 3.90. The van der Waals surface area contributed by atoms with Crippen LogP contribution < -0.4 is 5.73 Å². The van der Waals surface area contributed by atoms with Crippen LogP contribution in [0.1, 0.15) is 42.1 Å². The third-order valence-corrected chi connectivity index (χ3v) is 3.92. The Morgan fingerprint density at radius 3 is 2.67 bits per heavy atom. The van der Waals surface area contributed by atoms with Gasteiger partial charge in [0.05, 0.1) is 5.56 Å². The lowest BCUT2D eigenvalue weighted by molar-refractivity contribution is 0.0690. The number of carbonyl (C=O) groups is 1. The van der Waals surface area contributed by atoms with Crippen molar-refractivity contribution in [2.24, 2.45) is 5.92 Å². The number of amides is 1. The lowest BCUT2D eigenvalue weighted by Gasteiger charge is -2.31. The second-order valence-electron chi connectivity index (χ2n) is 5.23. The zero-order valence-electron chi connectivity index (χ0n) is 11.3. The van der Waals surface area contributed by atoms with Crippen molar-refractivity contribution in [1.29, 1.82) is 0 Å². The number of benzene rings is 1. The van der Waals surface area contributed by atoms with Crippen LogP contribution in [0.25, 0.3) is 0 Å². The van der Waals surface area contributed by atoms with Crippen molar-refractivity contribution in [2.75, 3.05) is 18.8 Å². The molecule has 18 heavy (non-hydrogen) atoms. The van der Waals surface area contributed by atoms with Gasteiger partial charge < -0.3 is 10.6 Å². The lowest BCUT2D eigenvalue weighted by atomic mass is 9.94. The van der Waals surface area contributed by atoms with Crippen molar-refractivity contribution in [2.45, 2.75) is 33.1 Å². The Morgan fingerprint density at radius 1 is 1.39 bits per heavy atom. The lowest BCUT2D eigenvalue weighted by Crippen LogP contribution is -2.38. The van der Waals surface area contributed by atoms with Crippen molar-refractivity contribution >= 4 is 11.6 Å². The maximum atomic E-state index is 12.4. The van der Waals surface area contributed by atoms with Crippen LogP contribution in [-0.4, -0.2) is 23.9 Å². The van der Waals surface area contributed by atoms with Gasteiger partial charge in [-0.3, -0.25) is 4.79 Å². The fourth-order valence-corrected chi connectivity index (χ4v) is 2.57. The Bertz CT molecular complexity index is 434. The van der Waals surface area contributed by atoms with Gasteiger partial charge >= 0.3 is 0 Å². The molecule has 0 unspecified atom stereocenters. The fourth-order valence-electron chi connectivity index (χ4n) is 2.57. The third kappa shape index (κ3) is 2.66. The quantitative estimate of drug-likeness (QED) is 0.816. The average Bonchev–Trinajstić information content (AvgIpc) is 2.41. The van der Waals surface area contributed by atoms with Gasteiger partial charge in [0.15, 0.2) is 0 Å². The van der Waals surface area contributed by atoms with Gasteiger partial charge in [-0.1, -0.05) is 25.0 Å². The molecule has 1 aromatic carbocycles. The summed E-state index contributed by atoms with van der Waals surface area (Å²) in [5.74, 6) is 0.870. The Balaban J connectivity index is 2.10. The number of piperidine rings is 1. The van der Waals surface area contributed by atoms with E-state index in [1.807, 2.05) is 30.0 Å². The zero-order chi connectivity index (χ0) is 13.1. The molecule has 1 fully saturated rings. The number of hydrogen-bond acceptors (Lipinski definition) is 2. The highest BCUT2D eigenvalue weighted by Crippen LogP contribution is 2.23. The van der Waals surface area contributed by atoms with Crippen molar-refractivity contribution in [3.05, 3.63) is 29.3 Å². The van der Waals surface area contributed by atoms with E-state index in [2.05, 4.69) is 6.92 Å². The first kappa shape index (κ1) is 12.9. The Labute approximate surface area is 109 Å². The Morgan fingerprint density at radius 2 is 2.06 bits per heavy atom. The molecule has 1 aliphatic heterocycles. The van der Waals surface area contributed by atoms with Crippen LogP contribution in [-0.2, 0) is 0 Å². The molecular formula is C15H22N2O. The van der Waals surface area contributed by atoms with E-state index in [1.165, 1.54) is 6.42 Å². The van der Waals surface area contributed by atoms with Crippen LogP contribution in [0.15, 0.2) is 18.2 Å². The summed E-state index contributed by atoms with van der Waals surface area (Å²) >= 11 is 0. The number of anilines is 1. The zero-order valence-corrected chi connectivity index (χ0v) is 11.3. The minimum atomic E-state index is 0.0887. The summed E-state index contributed by atoms with van der Waals surface area (Å²) in [6, 6.07) is 5.65. The van der Waals surface area contributed by atoms with Gasteiger partial charge in [0.25, 0.3) is 5.91 Å². The van der Waals surface area contributed by atoms with E-state index >= 15 is 0 Å². The van der Waals surface area contributed by atoms with Crippen molar-refractivity contribution in [3.63, 3.8) is 0 Å². The molecule has 1 amide bonds. The van der Waals surface area contributed by atoms with Gasteiger partial charge in [-0.15, -0.1) is 0 Å². The van der Waals surface area contributed by atoms with Gasteiger partial charge in [0.2, 0.25) is 0 Å². The minimum absolute atomic E-state index is 0.0887. The molecule has 1 saturated heterocycles. The van der Waals surface area contributed by atoms with Crippen LogP contribution in [0.5, 0.6) is 0 Å². The van der Waals surface area contributed by atoms with E-state index in [-0.39, 0.29) is 5.91 Å². The number of rotatable bonds is 2. The fraction of sp³-hybridized carbons (Fsp3) is 0.533. The molecule has 3 heteroatoms. The summed E-state index contributed by atoms with van der Waals surface area (Å²) in [5, 5.41) is 0. The molecule has 1 aromatic rings. The highest BCUT2D eigenvalue weighted by molar-refractivity contribution is 5.99. The summed E-state index contributed by atoms with van der Waals surface area (Å²) in [6.45, 7) is 5.94. The highest BCUT2D eigenvalue weighted by atomic mass is 16.2. The largest absolute Gasteiger partial charge is 0.398 e. The second-order valence-corrected chi connectivity index (χ2v) is 5.23. The Hall–Kier alpha value is -1.51. The molecule has 2 N–H and O–H groups in total. The van der Waals surface area contributed by atoms with E-state index in [0.29, 0.717) is 11.3 Å². The number of nitrogens with two attached hydrogens (primary N) is 1. The van der Waals surface area contributed by atoms with Gasteiger partial charge in [0, 0.05) is 18.8 Å². The minimum Gasteiger partial charge on any atom is -0.398 e. The molecule has 0 bridgehead atoms. The van der Waals surface area contributed by atoms with Crippen LogP contribution in [0.4, 0.5) is 5.69 Å². The predicted octanol–water partition coefficient (Wildman–Crippen LogP) is 2.84. The smallest absolute Gasteiger partial charge is 0.255 e. The van der Waals surface area contributed by atoms with Crippen molar-refractivity contribution < 1.29 is 4.79 Å². The van der Waals surface area contributed by atoms with Crippen LogP contribution >= 0.6 is 0 Å². The summed E-state index contributed by atoms with van der Waals surface area (Å²) < 4.78 is 0. The number of nitrogen functional groups attached to an aromatic ring is 1. The summed E-state index contributed by atoms with van der Waals surface area (Å²) in [4.78, 5) is 14.4. The molecule has 0 saturated carbocycles. The molecule has 0 radical (unpaired) electrons. The number of hydrogen-bond donors (Lipinski definition) is 1. The molecule has 3 nitrogen and oxygen atoms in total. The predicted molar refractivity (Wildman–Crippen MR) is 74.5 cm³/mol. The van der Waals surface area contributed by atoms with E-state index in [9.17, 15) is 4.79 Å². The van der Waals surface area contributed by atoms with Crippen LogP contribution in [0, 0.1) is 12.8 Å². The van der Waals surface area contributed by atoms with Crippen LogP contribution in [0.3, 0.4) is 0 Å². The van der Waals surface area contributed by atoms with Gasteiger partial charge in [-0.2, -0.15) is 0 Å². The standard InChI is InChI=1S/C15H22N2O/c1-3-12-6-8-17(9-7-12)15(18)13-10-11(2)4-5-14(13)16/h4-5,10,12H,3,6-9,16H2,1-2H3. The second kappa shape index (κ2) is 5.42. The van der Waals surface area contributed by atoms with Gasteiger partial charge in [-0.05, 0) is 37.8 Å². The van der Waals surface area contributed by atoms with Gasteiger partial charge in [-0.25, -0.2) is 0 Å². The normalized spacial score (nSPS) is 16.9. The maximum Gasteiger partial charge on any atom is 0.255 e. The first-order valence-corrected chi connectivity index (χ1v) is 6.77. The summed E-state index contributed by atoms with van der Waals surface area (Å²) in [7, 11) is 0. The molecule has 0 spiro atoms. The van der Waals surface area contributed by atoms with Crippen molar-refractivity contribution in [3.8, 4) is 0 Å². The van der Waals surface area contributed by atoms with E-state index in [1.54, 1.807) is 0 Å². The number of aryl methyl sites for hydroxylation is 1. The first-order chi connectivity index (χ1) is 8.61. The number of carbonyl (C=O) groups excluding carboxylic acids is 1. The van der Waals surface area contributed by atoms with Crippen LogP contribution in [0.2, 0.25) is 0 Å². The monoisotopic (exact) mass is 246 g/mol. The molecular weight excluding hydrogens is 224 g/mol. The molecule has 0 atom stereocenters. The molecule has 2 rings (SSSR count). The van der Waals surface area contributed by atoms with Gasteiger partial charge in [0.1, 0.15) is 0 Å². The first-order valence-electron chi connectivity index (χ1n) is 6.77. The molecule has 1 heterocycles. The summed E-state index contributed by atoms with van der Waals surface area (Å²) in [6.07, 6.45) is 3.45. The third-order valence-electron chi connectivity index (χ3n) is 3.92. The number of nitrogens with zero attached hydrogens (tertiary/aromatic N) is 1. The average molecular weight is 246 g/mol. The van der Waals surface area contributed by atoms with Crippen molar-refractivity contribution in [1.82, 2.24) is 4.90 Å². The molecule has 1 aliphatic rings. The SMILES string of the molecule is CCC1CCN(C(=O)c2cc(C)ccc2N)CC1. The molecule has 0 aliphatic carbocycles. The van der Waals surface area contributed by atoms with E-state index < -0.39 is 0 Å². The highest BCUT2D eigenvalue weighted by Gasteiger charge is 2.23. The number of likely N-dealkylation sites (tertiary alicyclic amines) is 1. The maximum absolute atomic E-state index is 12.4. The van der Waals surface area contributed by atoms with E-state index in [0.717, 1.165) is 37.4 Å². The topological polar surface area (TPSA) is 46.3 Å². The molecule has 0 aromatic heterocycles. The summed E-state index contributed by atoms with van der Waals surface area (Å²) in [5.41, 5.74) is 8.23.